The predicted octanol–water partition coefficient (Wildman–Crippen LogP) is 2.85. The lowest BCUT2D eigenvalue weighted by Gasteiger charge is -2.30. The molecule has 10 heteroatoms. The number of nitrogens with zero attached hydrogens (tertiary/aromatic N) is 3. The Kier molecular flexibility index (Phi) is 9.25. The van der Waals surface area contributed by atoms with Crippen LogP contribution in [0.2, 0.25) is 0 Å². The molecule has 3 aliphatic rings. The summed E-state index contributed by atoms with van der Waals surface area (Å²) in [6.07, 6.45) is 4.47. The molecule has 208 valence electrons. The molecule has 0 radical (unpaired) electrons. The monoisotopic (exact) mass is 529 g/mol. The number of fused-ring (bicyclic) bond motifs is 1. The quantitative estimate of drug-likeness (QED) is 0.388. The summed E-state index contributed by atoms with van der Waals surface area (Å²) in [4.78, 5) is 55.7. The second-order valence-electron chi connectivity index (χ2n) is 10.4. The Hall–Kier alpha value is -3.14. The molecule has 3 atom stereocenters. The molecule has 0 bridgehead atoms. The SMILES string of the molecule is CCCCN(CCCC)C(=O)CN1C[C@H](c2ccc3c(c2)OCO3)[C@@H](C(=O)O)[C@@H]1CCN1C(=O)CCC1=O. The van der Waals surface area contributed by atoms with Crippen LogP contribution in [0.4, 0.5) is 0 Å². The van der Waals surface area contributed by atoms with Gasteiger partial charge in [0.05, 0.1) is 12.5 Å². The van der Waals surface area contributed by atoms with E-state index in [4.69, 9.17) is 9.47 Å². The molecule has 1 N–H and O–H groups in total. The summed E-state index contributed by atoms with van der Waals surface area (Å²) in [7, 11) is 0. The van der Waals surface area contributed by atoms with Gasteiger partial charge in [-0.1, -0.05) is 32.8 Å². The Morgan fingerprint density at radius 2 is 1.68 bits per heavy atom. The van der Waals surface area contributed by atoms with Crippen molar-refractivity contribution in [1.29, 1.82) is 0 Å². The van der Waals surface area contributed by atoms with Gasteiger partial charge < -0.3 is 19.5 Å². The molecule has 4 rings (SSSR count). The summed E-state index contributed by atoms with van der Waals surface area (Å²) in [5.74, 6) is -1.41. The maximum atomic E-state index is 13.5. The van der Waals surface area contributed by atoms with Crippen LogP contribution in [0.15, 0.2) is 18.2 Å². The molecule has 0 aliphatic carbocycles. The molecule has 38 heavy (non-hydrogen) atoms. The largest absolute Gasteiger partial charge is 0.481 e. The first-order valence-electron chi connectivity index (χ1n) is 13.8. The molecule has 0 aromatic heterocycles. The van der Waals surface area contributed by atoms with Crippen LogP contribution in [0, 0.1) is 5.92 Å². The third-order valence-electron chi connectivity index (χ3n) is 7.92. The van der Waals surface area contributed by atoms with E-state index in [1.807, 2.05) is 21.9 Å². The van der Waals surface area contributed by atoms with Crippen LogP contribution in [0.3, 0.4) is 0 Å². The van der Waals surface area contributed by atoms with Gasteiger partial charge in [0.1, 0.15) is 0 Å². The Bertz CT molecular complexity index is 1020. The van der Waals surface area contributed by atoms with Gasteiger partial charge in [0.25, 0.3) is 0 Å². The summed E-state index contributed by atoms with van der Waals surface area (Å²) in [6.45, 7) is 6.30. The minimum Gasteiger partial charge on any atom is -0.481 e. The van der Waals surface area contributed by atoms with Gasteiger partial charge in [-0.15, -0.1) is 0 Å². The fourth-order valence-electron chi connectivity index (χ4n) is 5.80. The van der Waals surface area contributed by atoms with Gasteiger partial charge in [-0.3, -0.25) is 29.0 Å². The van der Waals surface area contributed by atoms with Crippen LogP contribution in [0.5, 0.6) is 11.5 Å². The number of unbranched alkanes of at least 4 members (excludes halogenated alkanes) is 2. The third kappa shape index (κ3) is 6.11. The lowest BCUT2D eigenvalue weighted by Crippen LogP contribution is -2.46. The van der Waals surface area contributed by atoms with Crippen LogP contribution >= 0.6 is 0 Å². The zero-order valence-corrected chi connectivity index (χ0v) is 22.4. The zero-order valence-electron chi connectivity index (χ0n) is 22.4. The van der Waals surface area contributed by atoms with Gasteiger partial charge in [-0.2, -0.15) is 0 Å². The first kappa shape index (κ1) is 27.9. The number of amides is 3. The fourth-order valence-corrected chi connectivity index (χ4v) is 5.80. The molecule has 0 spiro atoms. The number of imide groups is 1. The highest BCUT2D eigenvalue weighted by Crippen LogP contribution is 2.42. The van der Waals surface area contributed by atoms with E-state index >= 15 is 0 Å². The second-order valence-corrected chi connectivity index (χ2v) is 10.4. The van der Waals surface area contributed by atoms with Crippen molar-refractivity contribution < 1.29 is 33.8 Å². The van der Waals surface area contributed by atoms with Crippen molar-refractivity contribution in [2.75, 3.05) is 39.5 Å². The number of carbonyl (C=O) groups is 4. The summed E-state index contributed by atoms with van der Waals surface area (Å²) in [5, 5.41) is 10.4. The fraction of sp³-hybridized carbons (Fsp3) is 0.643. The predicted molar refractivity (Wildman–Crippen MR) is 139 cm³/mol. The molecule has 2 saturated heterocycles. The van der Waals surface area contributed by atoms with Gasteiger partial charge in [-0.25, -0.2) is 0 Å². The van der Waals surface area contributed by atoms with E-state index in [1.54, 1.807) is 6.07 Å². The highest BCUT2D eigenvalue weighted by molar-refractivity contribution is 6.01. The number of likely N-dealkylation sites (tertiary alicyclic amines) is 2. The van der Waals surface area contributed by atoms with Crippen molar-refractivity contribution in [1.82, 2.24) is 14.7 Å². The van der Waals surface area contributed by atoms with Gasteiger partial charge in [-0.05, 0) is 37.0 Å². The summed E-state index contributed by atoms with van der Waals surface area (Å²) in [6, 6.07) is 4.97. The van der Waals surface area contributed by atoms with Gasteiger partial charge in [0, 0.05) is 51.0 Å². The number of hydrogen-bond donors (Lipinski definition) is 1. The van der Waals surface area contributed by atoms with Crippen molar-refractivity contribution in [2.24, 2.45) is 5.92 Å². The summed E-state index contributed by atoms with van der Waals surface area (Å²) < 4.78 is 11.0. The average molecular weight is 530 g/mol. The van der Waals surface area contributed by atoms with Crippen LogP contribution in [-0.2, 0) is 19.2 Å². The Balaban J connectivity index is 1.59. The van der Waals surface area contributed by atoms with E-state index < -0.39 is 17.9 Å². The first-order chi connectivity index (χ1) is 18.3. The molecule has 10 nitrogen and oxygen atoms in total. The highest BCUT2D eigenvalue weighted by atomic mass is 16.7. The Morgan fingerprint density at radius 3 is 2.32 bits per heavy atom. The number of carbonyl (C=O) groups excluding carboxylic acids is 3. The maximum Gasteiger partial charge on any atom is 0.308 e. The molecular weight excluding hydrogens is 490 g/mol. The molecule has 1 aromatic carbocycles. The van der Waals surface area contributed by atoms with E-state index in [2.05, 4.69) is 13.8 Å². The normalized spacial score (nSPS) is 22.9. The van der Waals surface area contributed by atoms with Gasteiger partial charge >= 0.3 is 5.97 Å². The lowest BCUT2D eigenvalue weighted by molar-refractivity contribution is -0.144. The van der Waals surface area contributed by atoms with E-state index in [1.165, 1.54) is 4.90 Å². The van der Waals surface area contributed by atoms with Crippen LogP contribution in [-0.4, -0.2) is 89.1 Å². The highest BCUT2D eigenvalue weighted by Gasteiger charge is 2.48. The molecule has 0 unspecified atom stereocenters. The van der Waals surface area contributed by atoms with Crippen molar-refractivity contribution in [2.45, 2.75) is 70.8 Å². The summed E-state index contributed by atoms with van der Waals surface area (Å²) in [5.41, 5.74) is 0.809. The number of benzene rings is 1. The van der Waals surface area contributed by atoms with E-state index in [0.717, 1.165) is 31.2 Å². The smallest absolute Gasteiger partial charge is 0.308 e. The summed E-state index contributed by atoms with van der Waals surface area (Å²) >= 11 is 0. The number of hydrogen-bond acceptors (Lipinski definition) is 7. The van der Waals surface area contributed by atoms with Crippen molar-refractivity contribution in [3.63, 3.8) is 0 Å². The first-order valence-corrected chi connectivity index (χ1v) is 13.8. The minimum atomic E-state index is -0.958. The number of carboxylic acid groups (broad SMARTS) is 1. The van der Waals surface area contributed by atoms with Crippen LogP contribution in [0.1, 0.15) is 70.3 Å². The molecule has 1 aromatic rings. The van der Waals surface area contributed by atoms with Gasteiger partial charge in [0.15, 0.2) is 11.5 Å². The molecule has 3 heterocycles. The number of aliphatic carboxylic acids is 1. The molecule has 2 fully saturated rings. The van der Waals surface area contributed by atoms with Gasteiger partial charge in [0.2, 0.25) is 24.5 Å². The lowest BCUT2D eigenvalue weighted by atomic mass is 9.84. The number of ether oxygens (including phenoxy) is 2. The van der Waals surface area contributed by atoms with E-state index in [0.29, 0.717) is 37.6 Å². The Labute approximate surface area is 223 Å². The average Bonchev–Trinajstić information content (AvgIpc) is 3.59. The van der Waals surface area contributed by atoms with Crippen molar-refractivity contribution >= 4 is 23.7 Å². The molecule has 3 aliphatic heterocycles. The topological polar surface area (TPSA) is 117 Å². The standard InChI is InChI=1S/C28H39N3O7/c1-3-5-12-29(13-6-4-2)26(34)17-30-16-20(19-7-8-22-23(15-19)38-18-37-22)27(28(35)36)21(30)11-14-31-24(32)9-10-25(31)33/h7-8,15,20-21,27H,3-6,9-14,16-18H2,1-2H3,(H,35,36)/t20-,21+,27-/m1/s1. The molecule has 0 saturated carbocycles. The third-order valence-corrected chi connectivity index (χ3v) is 7.92. The minimum absolute atomic E-state index is 0.0132. The van der Waals surface area contributed by atoms with Crippen LogP contribution < -0.4 is 9.47 Å². The zero-order chi connectivity index (χ0) is 27.2. The Morgan fingerprint density at radius 1 is 1.03 bits per heavy atom. The van der Waals surface area contributed by atoms with E-state index in [-0.39, 0.29) is 56.4 Å². The number of carboxylic acids is 1. The van der Waals surface area contributed by atoms with Crippen molar-refractivity contribution in [3.8, 4) is 11.5 Å². The second kappa shape index (κ2) is 12.6. The molecule has 3 amide bonds. The maximum absolute atomic E-state index is 13.5. The van der Waals surface area contributed by atoms with E-state index in [9.17, 15) is 24.3 Å². The molecular formula is C28H39N3O7. The number of rotatable bonds is 13. The van der Waals surface area contributed by atoms with Crippen LogP contribution in [0.25, 0.3) is 0 Å². The van der Waals surface area contributed by atoms with Crippen molar-refractivity contribution in [3.05, 3.63) is 23.8 Å².